The van der Waals surface area contributed by atoms with Gasteiger partial charge in [0.25, 0.3) is 5.92 Å². The zero-order chi connectivity index (χ0) is 18.5. The van der Waals surface area contributed by atoms with Crippen LogP contribution in [0.5, 0.6) is 0 Å². The number of halogens is 3. The van der Waals surface area contributed by atoms with Gasteiger partial charge in [-0.05, 0) is 12.1 Å². The number of alkyl halides is 2. The third-order valence-electron chi connectivity index (χ3n) is 4.94. The van der Waals surface area contributed by atoms with Crippen molar-refractivity contribution in [2.24, 2.45) is 5.92 Å². The van der Waals surface area contributed by atoms with E-state index in [1.54, 1.807) is 0 Å². The summed E-state index contributed by atoms with van der Waals surface area (Å²) in [6.07, 6.45) is 3.53. The van der Waals surface area contributed by atoms with Crippen LogP contribution < -0.4 is 16.0 Å². The van der Waals surface area contributed by atoms with Crippen LogP contribution in [-0.2, 0) is 9.59 Å². The van der Waals surface area contributed by atoms with Gasteiger partial charge in [0, 0.05) is 31.3 Å². The zero-order valence-corrected chi connectivity index (χ0v) is 14.1. The summed E-state index contributed by atoms with van der Waals surface area (Å²) in [5, 5.41) is 7.93. The van der Waals surface area contributed by atoms with Gasteiger partial charge in [0.2, 0.25) is 5.91 Å². The standard InChI is InChI=1S/C16H14ClF2N5O2/c17-8-5-9(23-10-1-3-21-7-22-10)13(25)12-11(8)14(26)24-15(12)6-20-4-2-16(15,18)19/h1,3,5,7,12,20H,2,4,6H2,(H,24,26)(H,21,22,23). The van der Waals surface area contributed by atoms with Gasteiger partial charge in [-0.15, -0.1) is 0 Å². The van der Waals surface area contributed by atoms with E-state index >= 15 is 0 Å². The molecule has 0 bridgehead atoms. The Balaban J connectivity index is 1.78. The first-order valence-electron chi connectivity index (χ1n) is 7.95. The zero-order valence-electron chi connectivity index (χ0n) is 13.4. The Hall–Kier alpha value is -2.39. The fourth-order valence-electron chi connectivity index (χ4n) is 3.68. The first-order chi connectivity index (χ1) is 12.4. The lowest BCUT2D eigenvalue weighted by Crippen LogP contribution is -2.69. The quantitative estimate of drug-likeness (QED) is 0.706. The van der Waals surface area contributed by atoms with Crippen LogP contribution in [0.15, 0.2) is 41.0 Å². The number of carbonyl (C=O) groups is 2. The minimum absolute atomic E-state index is 0.000279. The van der Waals surface area contributed by atoms with Crippen molar-refractivity contribution in [1.29, 1.82) is 0 Å². The van der Waals surface area contributed by atoms with Crippen LogP contribution in [0.3, 0.4) is 0 Å². The van der Waals surface area contributed by atoms with E-state index in [1.807, 2.05) is 0 Å². The van der Waals surface area contributed by atoms with E-state index in [0.717, 1.165) is 0 Å². The molecule has 3 N–H and O–H groups in total. The van der Waals surface area contributed by atoms with Crippen molar-refractivity contribution >= 4 is 29.1 Å². The lowest BCUT2D eigenvalue weighted by Gasteiger charge is -2.44. The third kappa shape index (κ3) is 2.34. The van der Waals surface area contributed by atoms with Crippen LogP contribution in [0.4, 0.5) is 14.6 Å². The van der Waals surface area contributed by atoms with Crippen molar-refractivity contribution in [3.8, 4) is 0 Å². The van der Waals surface area contributed by atoms with E-state index in [1.165, 1.54) is 24.7 Å². The predicted molar refractivity (Wildman–Crippen MR) is 88.4 cm³/mol. The van der Waals surface area contributed by atoms with Gasteiger partial charge < -0.3 is 16.0 Å². The number of carbonyl (C=O) groups excluding carboxylic acids is 2. The number of nitrogens with one attached hydrogen (secondary N) is 3. The first-order valence-corrected chi connectivity index (χ1v) is 8.33. The van der Waals surface area contributed by atoms with E-state index in [2.05, 4.69) is 25.9 Å². The molecule has 10 heteroatoms. The molecule has 2 atom stereocenters. The summed E-state index contributed by atoms with van der Waals surface area (Å²) in [7, 11) is 0. The van der Waals surface area contributed by atoms with Crippen molar-refractivity contribution in [1.82, 2.24) is 20.6 Å². The molecule has 2 aliphatic heterocycles. The molecule has 0 aromatic carbocycles. The van der Waals surface area contributed by atoms with E-state index < -0.39 is 35.5 Å². The number of ketones is 1. The summed E-state index contributed by atoms with van der Waals surface area (Å²) >= 11 is 6.19. The van der Waals surface area contributed by atoms with Gasteiger partial charge in [-0.2, -0.15) is 0 Å². The van der Waals surface area contributed by atoms with Crippen LogP contribution >= 0.6 is 11.6 Å². The largest absolute Gasteiger partial charge is 0.339 e. The molecular formula is C16H14ClF2N5O2. The van der Waals surface area contributed by atoms with Gasteiger partial charge in [-0.1, -0.05) is 11.6 Å². The van der Waals surface area contributed by atoms with Gasteiger partial charge in [0.1, 0.15) is 17.7 Å². The molecule has 3 aliphatic rings. The summed E-state index contributed by atoms with van der Waals surface area (Å²) in [6, 6.07) is 1.52. The van der Waals surface area contributed by atoms with Crippen molar-refractivity contribution in [3.05, 3.63) is 41.0 Å². The maximum atomic E-state index is 14.8. The van der Waals surface area contributed by atoms with Crippen LogP contribution in [-0.4, -0.2) is 46.2 Å². The molecule has 1 spiro atoms. The topological polar surface area (TPSA) is 96.0 Å². The van der Waals surface area contributed by atoms with Crippen molar-refractivity contribution < 1.29 is 18.4 Å². The summed E-state index contributed by atoms with van der Waals surface area (Å²) in [6.45, 7) is -0.128. The van der Waals surface area contributed by atoms with Gasteiger partial charge in [-0.3, -0.25) is 9.59 Å². The number of hydrogen-bond acceptors (Lipinski definition) is 6. The molecule has 7 nitrogen and oxygen atoms in total. The minimum atomic E-state index is -3.26. The van der Waals surface area contributed by atoms with E-state index in [4.69, 9.17) is 11.6 Å². The van der Waals surface area contributed by atoms with Crippen LogP contribution in [0, 0.1) is 5.92 Å². The number of nitrogens with zero attached hydrogens (tertiary/aromatic N) is 2. The average Bonchev–Trinajstić information content (AvgIpc) is 2.91. The molecule has 2 unspecified atom stereocenters. The molecule has 0 radical (unpaired) electrons. The number of amides is 1. The normalized spacial score (nSPS) is 30.1. The Morgan fingerprint density at radius 3 is 2.85 bits per heavy atom. The molecule has 2 saturated heterocycles. The van der Waals surface area contributed by atoms with Gasteiger partial charge >= 0.3 is 0 Å². The number of aromatic nitrogens is 2. The molecular weight excluding hydrogens is 368 g/mol. The Bertz CT molecular complexity index is 857. The number of Topliss-reactive ketones (excluding diaryl/α,β-unsaturated/α-hetero) is 1. The minimum Gasteiger partial charge on any atom is -0.339 e. The average molecular weight is 382 g/mol. The molecule has 0 saturated carbocycles. The monoisotopic (exact) mass is 381 g/mol. The van der Waals surface area contributed by atoms with Crippen molar-refractivity contribution in [3.63, 3.8) is 0 Å². The van der Waals surface area contributed by atoms with Crippen LogP contribution in [0.2, 0.25) is 0 Å². The Morgan fingerprint density at radius 1 is 1.35 bits per heavy atom. The van der Waals surface area contributed by atoms with Gasteiger partial charge in [-0.25, -0.2) is 18.7 Å². The van der Waals surface area contributed by atoms with E-state index in [0.29, 0.717) is 5.82 Å². The maximum Gasteiger partial charge on any atom is 0.274 e. The fraction of sp³-hybridized carbons (Fsp3) is 0.375. The number of hydrogen-bond donors (Lipinski definition) is 3. The van der Waals surface area contributed by atoms with Gasteiger partial charge in [0.15, 0.2) is 5.78 Å². The van der Waals surface area contributed by atoms with E-state index in [9.17, 15) is 18.4 Å². The summed E-state index contributed by atoms with van der Waals surface area (Å²) in [4.78, 5) is 33.1. The molecule has 2 fully saturated rings. The number of fused-ring (bicyclic) bond motifs is 2. The second kappa shape index (κ2) is 5.82. The highest BCUT2D eigenvalue weighted by Crippen LogP contribution is 2.49. The summed E-state index contributed by atoms with van der Waals surface area (Å²) in [5.41, 5.74) is -2.16. The number of anilines is 1. The van der Waals surface area contributed by atoms with Crippen molar-refractivity contribution in [2.75, 3.05) is 18.4 Å². The molecule has 1 aromatic heterocycles. The Kier molecular flexibility index (Phi) is 3.81. The molecule has 1 aliphatic carbocycles. The maximum absolute atomic E-state index is 14.8. The summed E-state index contributed by atoms with van der Waals surface area (Å²) in [5.74, 6) is -5.71. The summed E-state index contributed by atoms with van der Waals surface area (Å²) < 4.78 is 29.7. The molecule has 4 rings (SSSR count). The van der Waals surface area contributed by atoms with E-state index in [-0.39, 0.29) is 29.4 Å². The third-order valence-corrected chi connectivity index (χ3v) is 5.25. The molecule has 1 amide bonds. The SMILES string of the molecule is O=C1NC2(CNCCC2(F)F)C2C(=O)C(Nc3ccncn3)=CC(Cl)=C12. The lowest BCUT2D eigenvalue weighted by atomic mass is 9.71. The Labute approximate surface area is 151 Å². The van der Waals surface area contributed by atoms with Crippen LogP contribution in [0.1, 0.15) is 6.42 Å². The van der Waals surface area contributed by atoms with Gasteiger partial charge in [0.05, 0.1) is 16.6 Å². The molecule has 26 heavy (non-hydrogen) atoms. The second-order valence-corrected chi connectivity index (χ2v) is 6.80. The smallest absolute Gasteiger partial charge is 0.274 e. The second-order valence-electron chi connectivity index (χ2n) is 6.39. The first kappa shape index (κ1) is 17.0. The Morgan fingerprint density at radius 2 is 2.15 bits per heavy atom. The highest BCUT2D eigenvalue weighted by Gasteiger charge is 2.68. The number of allylic oxidation sites excluding steroid dienone is 3. The number of rotatable bonds is 2. The molecule has 1 aromatic rings. The lowest BCUT2D eigenvalue weighted by molar-refractivity contribution is -0.142. The number of piperidine rings is 1. The molecule has 136 valence electrons. The predicted octanol–water partition coefficient (Wildman–Crippen LogP) is 0.961. The molecule has 3 heterocycles. The highest BCUT2D eigenvalue weighted by atomic mass is 35.5. The van der Waals surface area contributed by atoms with Crippen LogP contribution in [0.25, 0.3) is 0 Å². The highest BCUT2D eigenvalue weighted by molar-refractivity contribution is 6.36. The van der Waals surface area contributed by atoms with Crippen molar-refractivity contribution in [2.45, 2.75) is 17.9 Å². The fourth-order valence-corrected chi connectivity index (χ4v) is 3.99.